The van der Waals surface area contributed by atoms with E-state index in [4.69, 9.17) is 4.52 Å². The van der Waals surface area contributed by atoms with E-state index in [0.29, 0.717) is 24.7 Å². The maximum Gasteiger partial charge on any atom is 0.322 e. The van der Waals surface area contributed by atoms with E-state index in [1.807, 2.05) is 37.3 Å². The van der Waals surface area contributed by atoms with Gasteiger partial charge in [0.05, 0.1) is 17.6 Å². The summed E-state index contributed by atoms with van der Waals surface area (Å²) < 4.78 is 5.33. The Balaban J connectivity index is 1.41. The second kappa shape index (κ2) is 6.99. The van der Waals surface area contributed by atoms with Crippen molar-refractivity contribution in [2.24, 2.45) is 0 Å². The molecular formula is C18H20N6O2. The van der Waals surface area contributed by atoms with Crippen LogP contribution >= 0.6 is 0 Å². The van der Waals surface area contributed by atoms with E-state index in [0.717, 1.165) is 29.8 Å². The highest BCUT2D eigenvalue weighted by Crippen LogP contribution is 2.25. The molecule has 3 heterocycles. The summed E-state index contributed by atoms with van der Waals surface area (Å²) in [5.74, 6) is 0.996. The fraction of sp³-hybridized carbons (Fsp3) is 0.333. The van der Waals surface area contributed by atoms with Crippen LogP contribution < -0.4 is 10.2 Å². The van der Waals surface area contributed by atoms with Gasteiger partial charge in [0, 0.05) is 13.0 Å². The molecule has 3 aromatic rings. The van der Waals surface area contributed by atoms with Crippen molar-refractivity contribution in [3.63, 3.8) is 0 Å². The van der Waals surface area contributed by atoms with Gasteiger partial charge in [-0.15, -0.1) is 0 Å². The van der Waals surface area contributed by atoms with Crippen molar-refractivity contribution < 1.29 is 9.32 Å². The van der Waals surface area contributed by atoms with Crippen LogP contribution in [0.15, 0.2) is 41.1 Å². The Morgan fingerprint density at radius 1 is 1.38 bits per heavy atom. The first kappa shape index (κ1) is 16.3. The van der Waals surface area contributed by atoms with E-state index in [-0.39, 0.29) is 12.1 Å². The molecule has 26 heavy (non-hydrogen) atoms. The number of benzene rings is 1. The number of aromatic amines is 1. The minimum atomic E-state index is -0.378. The smallest absolute Gasteiger partial charge is 0.322 e. The first-order valence-corrected chi connectivity index (χ1v) is 8.67. The molecule has 1 atom stereocenters. The first-order valence-electron chi connectivity index (χ1n) is 8.67. The van der Waals surface area contributed by atoms with Gasteiger partial charge in [-0.2, -0.15) is 10.1 Å². The third kappa shape index (κ3) is 3.30. The van der Waals surface area contributed by atoms with E-state index in [2.05, 4.69) is 25.7 Å². The summed E-state index contributed by atoms with van der Waals surface area (Å²) in [5, 5.41) is 13.9. The van der Waals surface area contributed by atoms with Gasteiger partial charge in [0.1, 0.15) is 6.04 Å². The Hall–Kier alpha value is -3.16. The third-order valence-electron chi connectivity index (χ3n) is 4.44. The number of carbonyl (C=O) groups excluding carboxylic acids is 1. The van der Waals surface area contributed by atoms with Gasteiger partial charge in [-0.25, -0.2) is 4.79 Å². The van der Waals surface area contributed by atoms with Gasteiger partial charge < -0.3 is 9.84 Å². The molecular weight excluding hydrogens is 332 g/mol. The molecule has 0 radical (unpaired) electrons. The standard InChI is InChI=1S/C18H20N6O2/c1-12(17-21-16(23-26-17)10-13-6-3-2-4-7-13)20-18(25)24-9-5-8-14-15(24)11-19-22-14/h2-4,6-7,11-12H,5,8-10H2,1H3,(H,19,22)(H,20,25). The molecule has 8 nitrogen and oxygen atoms in total. The molecule has 1 aliphatic heterocycles. The molecule has 0 fully saturated rings. The molecule has 4 rings (SSSR count). The van der Waals surface area contributed by atoms with E-state index >= 15 is 0 Å². The van der Waals surface area contributed by atoms with Crippen molar-refractivity contribution in [2.45, 2.75) is 32.2 Å². The number of rotatable bonds is 4. The first-order chi connectivity index (χ1) is 12.7. The van der Waals surface area contributed by atoms with Gasteiger partial charge in [0.2, 0.25) is 5.89 Å². The lowest BCUT2D eigenvalue weighted by Crippen LogP contribution is -2.43. The molecule has 2 amide bonds. The van der Waals surface area contributed by atoms with Crippen LogP contribution in [0.2, 0.25) is 0 Å². The van der Waals surface area contributed by atoms with Crippen LogP contribution in [0.5, 0.6) is 0 Å². The molecule has 0 saturated heterocycles. The number of anilines is 1. The summed E-state index contributed by atoms with van der Waals surface area (Å²) in [4.78, 5) is 18.7. The highest BCUT2D eigenvalue weighted by atomic mass is 16.5. The molecule has 8 heteroatoms. The Morgan fingerprint density at radius 2 is 2.23 bits per heavy atom. The summed E-state index contributed by atoms with van der Waals surface area (Å²) >= 11 is 0. The maximum atomic E-state index is 12.6. The van der Waals surface area contributed by atoms with Crippen molar-refractivity contribution in [3.05, 3.63) is 59.5 Å². The lowest BCUT2D eigenvalue weighted by atomic mass is 10.1. The minimum absolute atomic E-state index is 0.192. The highest BCUT2D eigenvalue weighted by Gasteiger charge is 2.26. The van der Waals surface area contributed by atoms with E-state index in [1.54, 1.807) is 11.1 Å². The van der Waals surface area contributed by atoms with Crippen molar-refractivity contribution in [1.82, 2.24) is 25.7 Å². The lowest BCUT2D eigenvalue weighted by Gasteiger charge is -2.27. The van der Waals surface area contributed by atoms with Gasteiger partial charge in [-0.1, -0.05) is 35.5 Å². The molecule has 0 saturated carbocycles. The van der Waals surface area contributed by atoms with Gasteiger partial charge in [-0.3, -0.25) is 10.00 Å². The van der Waals surface area contributed by atoms with Crippen molar-refractivity contribution in [3.8, 4) is 0 Å². The Morgan fingerprint density at radius 3 is 3.08 bits per heavy atom. The van der Waals surface area contributed by atoms with Gasteiger partial charge in [-0.05, 0) is 25.3 Å². The lowest BCUT2D eigenvalue weighted by molar-refractivity contribution is 0.239. The fourth-order valence-corrected chi connectivity index (χ4v) is 3.09. The van der Waals surface area contributed by atoms with Crippen molar-refractivity contribution in [2.75, 3.05) is 11.4 Å². The minimum Gasteiger partial charge on any atom is -0.337 e. The molecule has 0 spiro atoms. The average molecular weight is 352 g/mol. The van der Waals surface area contributed by atoms with E-state index in [9.17, 15) is 4.79 Å². The quantitative estimate of drug-likeness (QED) is 0.752. The third-order valence-corrected chi connectivity index (χ3v) is 4.44. The summed E-state index contributed by atoms with van der Waals surface area (Å²) in [6, 6.07) is 9.37. The van der Waals surface area contributed by atoms with Gasteiger partial charge >= 0.3 is 6.03 Å². The van der Waals surface area contributed by atoms with Crippen molar-refractivity contribution >= 4 is 11.7 Å². The molecule has 1 unspecified atom stereocenters. The second-order valence-electron chi connectivity index (χ2n) is 6.37. The number of amides is 2. The number of nitrogens with zero attached hydrogens (tertiary/aromatic N) is 4. The number of fused-ring (bicyclic) bond motifs is 1. The number of H-pyrrole nitrogens is 1. The van der Waals surface area contributed by atoms with E-state index in [1.165, 1.54) is 0 Å². The number of nitrogens with one attached hydrogen (secondary N) is 2. The number of hydrogen-bond donors (Lipinski definition) is 2. The SMILES string of the molecule is CC(NC(=O)N1CCCc2[nH]ncc21)c1nc(Cc2ccccc2)no1. The molecule has 1 aliphatic rings. The van der Waals surface area contributed by atoms with Crippen LogP contribution in [-0.2, 0) is 12.8 Å². The molecule has 0 bridgehead atoms. The average Bonchev–Trinajstić information content (AvgIpc) is 3.31. The molecule has 134 valence electrons. The largest absolute Gasteiger partial charge is 0.337 e. The normalized spacial score (nSPS) is 14.7. The topological polar surface area (TPSA) is 99.9 Å². The zero-order valence-electron chi connectivity index (χ0n) is 14.5. The summed E-state index contributed by atoms with van der Waals surface area (Å²) in [5.41, 5.74) is 2.93. The van der Waals surface area contributed by atoms with Crippen LogP contribution in [-0.4, -0.2) is 32.9 Å². The Bertz CT molecular complexity index is 888. The number of aryl methyl sites for hydroxylation is 1. The van der Waals surface area contributed by atoms with Gasteiger partial charge in [0.15, 0.2) is 5.82 Å². The Labute approximate surface area is 150 Å². The van der Waals surface area contributed by atoms with Gasteiger partial charge in [0.25, 0.3) is 0 Å². The predicted molar refractivity (Wildman–Crippen MR) is 94.7 cm³/mol. The van der Waals surface area contributed by atoms with Crippen LogP contribution in [0.25, 0.3) is 0 Å². The zero-order chi connectivity index (χ0) is 17.9. The zero-order valence-corrected chi connectivity index (χ0v) is 14.5. The van der Waals surface area contributed by atoms with E-state index < -0.39 is 0 Å². The number of carbonyl (C=O) groups is 1. The van der Waals surface area contributed by atoms with Crippen LogP contribution in [0.1, 0.15) is 42.4 Å². The van der Waals surface area contributed by atoms with Crippen molar-refractivity contribution in [1.29, 1.82) is 0 Å². The summed E-state index contributed by atoms with van der Waals surface area (Å²) in [6.45, 7) is 2.49. The monoisotopic (exact) mass is 352 g/mol. The summed E-state index contributed by atoms with van der Waals surface area (Å²) in [7, 11) is 0. The van der Waals surface area contributed by atoms with Crippen LogP contribution in [0.4, 0.5) is 10.5 Å². The number of urea groups is 1. The highest BCUT2D eigenvalue weighted by molar-refractivity contribution is 5.93. The molecule has 2 aromatic heterocycles. The van der Waals surface area contributed by atoms with Crippen LogP contribution in [0, 0.1) is 0 Å². The number of hydrogen-bond acceptors (Lipinski definition) is 5. The fourth-order valence-electron chi connectivity index (χ4n) is 3.09. The molecule has 2 N–H and O–H groups in total. The predicted octanol–water partition coefficient (Wildman–Crippen LogP) is 2.61. The van der Waals surface area contributed by atoms with Crippen LogP contribution in [0.3, 0.4) is 0 Å². The second-order valence-corrected chi connectivity index (χ2v) is 6.37. The summed E-state index contributed by atoms with van der Waals surface area (Å²) in [6.07, 6.45) is 4.08. The number of aromatic nitrogens is 4. The molecule has 0 aliphatic carbocycles. The maximum absolute atomic E-state index is 12.6. The Kier molecular flexibility index (Phi) is 4.39. The molecule has 1 aromatic carbocycles.